The number of halogens is 4. The lowest BCUT2D eigenvalue weighted by Gasteiger charge is -2.18. The highest BCUT2D eigenvalue weighted by atomic mass is 19.4. The number of hydrogen-bond acceptors (Lipinski definition) is 4. The Hall–Kier alpha value is -3.95. The van der Waals surface area contributed by atoms with E-state index in [1.54, 1.807) is 23.9 Å². The van der Waals surface area contributed by atoms with Crippen molar-refractivity contribution in [2.24, 2.45) is 7.05 Å². The molecular formula is C27H25F4N5O. The second-order valence-corrected chi connectivity index (χ2v) is 9.76. The largest absolute Gasteiger partial charge is 0.416 e. The fourth-order valence-electron chi connectivity index (χ4n) is 4.62. The Morgan fingerprint density at radius 2 is 1.78 bits per heavy atom. The van der Waals surface area contributed by atoms with E-state index in [1.165, 1.54) is 0 Å². The van der Waals surface area contributed by atoms with E-state index in [-0.39, 0.29) is 24.3 Å². The van der Waals surface area contributed by atoms with E-state index in [4.69, 9.17) is 10.7 Å². The predicted molar refractivity (Wildman–Crippen MR) is 133 cm³/mol. The molecule has 0 bridgehead atoms. The molecule has 192 valence electrons. The maximum Gasteiger partial charge on any atom is 0.416 e. The zero-order valence-corrected chi connectivity index (χ0v) is 20.4. The Morgan fingerprint density at radius 1 is 1.11 bits per heavy atom. The Bertz CT molecular complexity index is 1520. The molecule has 0 atom stereocenters. The molecule has 5 rings (SSSR count). The minimum atomic E-state index is -4.63. The van der Waals surface area contributed by atoms with Crippen LogP contribution in [0.4, 0.5) is 29.1 Å². The van der Waals surface area contributed by atoms with Crippen LogP contribution in [0.25, 0.3) is 22.2 Å². The standard InChI is InChI=1S/C27H25F4N5O/c1-14(2)21-13-18(22-23(32)35-36(3)24(22)34-21)15-4-7-17(8-5-15)33-25(37)26(10-11-26)19-12-16(27(29,30)31)6-9-20(19)28/h4-9,12-14H,10-11H2,1-3H3,(H2,32,35)(H,33,37). The summed E-state index contributed by atoms with van der Waals surface area (Å²) in [5.74, 6) is -0.841. The predicted octanol–water partition coefficient (Wildman–Crippen LogP) is 6.17. The van der Waals surface area contributed by atoms with Gasteiger partial charge in [0.2, 0.25) is 5.91 Å². The summed E-state index contributed by atoms with van der Waals surface area (Å²) in [6, 6.07) is 11.2. The molecule has 2 aromatic heterocycles. The van der Waals surface area contributed by atoms with Crippen molar-refractivity contribution in [2.45, 2.75) is 44.2 Å². The van der Waals surface area contributed by atoms with Gasteiger partial charge in [-0.15, -0.1) is 0 Å². The maximum absolute atomic E-state index is 14.5. The first-order chi connectivity index (χ1) is 17.4. The summed E-state index contributed by atoms with van der Waals surface area (Å²) in [6.45, 7) is 4.08. The minimum absolute atomic E-state index is 0.170. The molecule has 1 fully saturated rings. The van der Waals surface area contributed by atoms with Gasteiger partial charge in [0.15, 0.2) is 11.5 Å². The fourth-order valence-corrected chi connectivity index (χ4v) is 4.62. The number of aromatic nitrogens is 3. The van der Waals surface area contributed by atoms with Gasteiger partial charge in [0.1, 0.15) is 5.82 Å². The summed E-state index contributed by atoms with van der Waals surface area (Å²) in [5.41, 5.74) is 7.30. The van der Waals surface area contributed by atoms with Crippen molar-refractivity contribution in [1.29, 1.82) is 0 Å². The number of fused-ring (bicyclic) bond motifs is 1. The summed E-state index contributed by atoms with van der Waals surface area (Å²) in [6.07, 6.45) is -4.10. The van der Waals surface area contributed by atoms with Crippen LogP contribution in [-0.4, -0.2) is 20.7 Å². The van der Waals surface area contributed by atoms with Crippen LogP contribution >= 0.6 is 0 Å². The minimum Gasteiger partial charge on any atom is -0.382 e. The maximum atomic E-state index is 14.5. The number of nitrogen functional groups attached to an aromatic ring is 1. The summed E-state index contributed by atoms with van der Waals surface area (Å²) in [7, 11) is 1.78. The molecule has 2 heterocycles. The number of nitrogens with one attached hydrogen (secondary N) is 1. The van der Waals surface area contributed by atoms with Crippen LogP contribution in [-0.2, 0) is 23.4 Å². The monoisotopic (exact) mass is 511 g/mol. The van der Waals surface area contributed by atoms with Crippen LogP contribution in [0.2, 0.25) is 0 Å². The van der Waals surface area contributed by atoms with Crippen LogP contribution in [0.15, 0.2) is 48.5 Å². The highest BCUT2D eigenvalue weighted by Crippen LogP contribution is 2.51. The number of amides is 1. The van der Waals surface area contributed by atoms with Gasteiger partial charge in [-0.1, -0.05) is 26.0 Å². The van der Waals surface area contributed by atoms with Gasteiger partial charge in [-0.05, 0) is 66.3 Å². The number of nitrogens with two attached hydrogens (primary N) is 1. The first kappa shape index (κ1) is 24.7. The molecule has 1 saturated carbocycles. The van der Waals surface area contributed by atoms with Crippen LogP contribution in [0.1, 0.15) is 49.4 Å². The molecule has 1 aliphatic rings. The molecule has 0 radical (unpaired) electrons. The van der Waals surface area contributed by atoms with Crippen LogP contribution in [0.3, 0.4) is 0 Å². The normalized spacial score (nSPS) is 14.8. The first-order valence-electron chi connectivity index (χ1n) is 11.8. The van der Waals surface area contributed by atoms with Gasteiger partial charge in [0.05, 0.1) is 16.4 Å². The summed E-state index contributed by atoms with van der Waals surface area (Å²) >= 11 is 0. The van der Waals surface area contributed by atoms with E-state index >= 15 is 0 Å². The zero-order valence-electron chi connectivity index (χ0n) is 20.4. The Balaban J connectivity index is 1.44. The van der Waals surface area contributed by atoms with E-state index < -0.39 is 28.9 Å². The summed E-state index contributed by atoms with van der Waals surface area (Å²) < 4.78 is 55.7. The SMILES string of the molecule is CC(C)c1cc(-c2ccc(NC(=O)C3(c4cc(C(F)(F)F)ccc4F)CC3)cc2)c2c(N)nn(C)c2n1. The number of anilines is 2. The highest BCUT2D eigenvalue weighted by Gasteiger charge is 2.53. The van der Waals surface area contributed by atoms with Gasteiger partial charge in [0, 0.05) is 24.0 Å². The van der Waals surface area contributed by atoms with Gasteiger partial charge in [-0.25, -0.2) is 14.1 Å². The fraction of sp³-hybridized carbons (Fsp3) is 0.296. The zero-order chi connectivity index (χ0) is 26.7. The second kappa shape index (κ2) is 8.57. The lowest BCUT2D eigenvalue weighted by molar-refractivity contribution is -0.137. The molecule has 2 aromatic carbocycles. The Morgan fingerprint density at radius 3 is 2.38 bits per heavy atom. The van der Waals surface area contributed by atoms with Crippen molar-refractivity contribution < 1.29 is 22.4 Å². The van der Waals surface area contributed by atoms with Gasteiger partial charge < -0.3 is 11.1 Å². The van der Waals surface area contributed by atoms with Crippen LogP contribution in [0, 0.1) is 5.82 Å². The molecule has 10 heteroatoms. The van der Waals surface area contributed by atoms with Crippen molar-refractivity contribution in [2.75, 3.05) is 11.1 Å². The molecule has 0 unspecified atom stereocenters. The lowest BCUT2D eigenvalue weighted by Crippen LogP contribution is -2.29. The Labute approximate surface area is 210 Å². The number of pyridine rings is 1. The molecule has 0 spiro atoms. The number of nitrogens with zero attached hydrogens (tertiary/aromatic N) is 3. The molecule has 4 aromatic rings. The molecule has 3 N–H and O–H groups in total. The molecule has 1 amide bonds. The quantitative estimate of drug-likeness (QED) is 0.314. The average Bonchev–Trinajstić information content (AvgIpc) is 3.59. The van der Waals surface area contributed by atoms with Gasteiger partial charge >= 0.3 is 6.18 Å². The average molecular weight is 512 g/mol. The van der Waals surface area contributed by atoms with E-state index in [0.717, 1.165) is 34.3 Å². The summed E-state index contributed by atoms with van der Waals surface area (Å²) in [5, 5.41) is 7.77. The third-order valence-corrected chi connectivity index (χ3v) is 6.88. The second-order valence-electron chi connectivity index (χ2n) is 9.76. The smallest absolute Gasteiger partial charge is 0.382 e. The molecule has 1 aliphatic carbocycles. The van der Waals surface area contributed by atoms with Crippen molar-refractivity contribution in [3.05, 3.63) is 71.2 Å². The van der Waals surface area contributed by atoms with Crippen molar-refractivity contribution in [3.8, 4) is 11.1 Å². The first-order valence-corrected chi connectivity index (χ1v) is 11.8. The number of carbonyl (C=O) groups is 1. The van der Waals surface area contributed by atoms with E-state index in [0.29, 0.717) is 23.2 Å². The van der Waals surface area contributed by atoms with Gasteiger partial charge in [-0.2, -0.15) is 18.3 Å². The van der Waals surface area contributed by atoms with E-state index in [2.05, 4.69) is 10.4 Å². The summed E-state index contributed by atoms with van der Waals surface area (Å²) in [4.78, 5) is 17.8. The van der Waals surface area contributed by atoms with Crippen molar-refractivity contribution >= 4 is 28.4 Å². The van der Waals surface area contributed by atoms with Crippen molar-refractivity contribution in [3.63, 3.8) is 0 Å². The van der Waals surface area contributed by atoms with Crippen LogP contribution < -0.4 is 11.1 Å². The van der Waals surface area contributed by atoms with E-state index in [9.17, 15) is 22.4 Å². The lowest BCUT2D eigenvalue weighted by atomic mass is 9.92. The number of carbonyl (C=O) groups excluding carboxylic acids is 1. The molecule has 0 aliphatic heterocycles. The molecule has 37 heavy (non-hydrogen) atoms. The third kappa shape index (κ3) is 4.30. The van der Waals surface area contributed by atoms with E-state index in [1.807, 2.05) is 32.0 Å². The third-order valence-electron chi connectivity index (χ3n) is 6.88. The number of hydrogen-bond donors (Lipinski definition) is 2. The highest BCUT2D eigenvalue weighted by molar-refractivity contribution is 6.03. The number of benzene rings is 2. The van der Waals surface area contributed by atoms with Gasteiger partial charge in [0.25, 0.3) is 0 Å². The molecule has 6 nitrogen and oxygen atoms in total. The number of rotatable bonds is 5. The number of aryl methyl sites for hydroxylation is 1. The van der Waals surface area contributed by atoms with Crippen molar-refractivity contribution in [1.82, 2.24) is 14.8 Å². The Kier molecular flexibility index (Phi) is 5.73. The van der Waals surface area contributed by atoms with Gasteiger partial charge in [-0.3, -0.25) is 4.79 Å². The molecule has 0 saturated heterocycles. The van der Waals surface area contributed by atoms with Crippen LogP contribution in [0.5, 0.6) is 0 Å². The molecular weight excluding hydrogens is 486 g/mol. The number of alkyl halides is 3. The topological polar surface area (TPSA) is 85.8 Å².